The normalized spacial score (nSPS) is 12.1. The van der Waals surface area contributed by atoms with Gasteiger partial charge in [-0.2, -0.15) is 11.3 Å². The van der Waals surface area contributed by atoms with Crippen molar-refractivity contribution < 1.29 is 13.2 Å². The van der Waals surface area contributed by atoms with Gasteiger partial charge in [-0.15, -0.1) is 11.3 Å². The highest BCUT2D eigenvalue weighted by Gasteiger charge is 2.22. The lowest BCUT2D eigenvalue weighted by molar-refractivity contribution is -0.115. The Labute approximate surface area is 172 Å². The third-order valence-corrected chi connectivity index (χ3v) is 6.91. The lowest BCUT2D eigenvalue weighted by Gasteiger charge is -2.20. The zero-order valence-corrected chi connectivity index (χ0v) is 18.2. The molecule has 2 aromatic heterocycles. The van der Waals surface area contributed by atoms with Crippen LogP contribution < -0.4 is 10.0 Å². The van der Waals surface area contributed by atoms with E-state index < -0.39 is 15.6 Å². The zero-order chi connectivity index (χ0) is 20.4. The summed E-state index contributed by atoms with van der Waals surface area (Å²) >= 11 is 3.09. The van der Waals surface area contributed by atoms with Crippen molar-refractivity contribution in [2.75, 3.05) is 5.32 Å². The number of nitrogens with one attached hydrogen (secondary N) is 2. The molecule has 0 spiro atoms. The molecule has 3 rings (SSSR count). The van der Waals surface area contributed by atoms with Crippen molar-refractivity contribution in [2.45, 2.75) is 37.6 Å². The van der Waals surface area contributed by atoms with Crippen LogP contribution in [0.5, 0.6) is 0 Å². The van der Waals surface area contributed by atoms with E-state index in [2.05, 4.69) is 15.0 Å². The maximum atomic E-state index is 12.5. The molecule has 148 valence electrons. The Morgan fingerprint density at radius 2 is 1.96 bits per heavy atom. The van der Waals surface area contributed by atoms with E-state index in [4.69, 9.17) is 0 Å². The monoisotopic (exact) mass is 435 g/mol. The van der Waals surface area contributed by atoms with Gasteiger partial charge in [0.2, 0.25) is 15.9 Å². The number of carbonyl (C=O) groups is 1. The fourth-order valence-electron chi connectivity index (χ4n) is 2.48. The van der Waals surface area contributed by atoms with Gasteiger partial charge in [-0.1, -0.05) is 6.07 Å². The fraction of sp³-hybridized carbons (Fsp3) is 0.263. The number of nitrogens with zero attached hydrogens (tertiary/aromatic N) is 1. The fourth-order valence-corrected chi connectivity index (χ4v) is 5.48. The van der Waals surface area contributed by atoms with Crippen molar-refractivity contribution in [1.29, 1.82) is 0 Å². The average molecular weight is 436 g/mol. The Kier molecular flexibility index (Phi) is 5.99. The number of hydrogen-bond acceptors (Lipinski definition) is 6. The van der Waals surface area contributed by atoms with Crippen molar-refractivity contribution in [3.63, 3.8) is 0 Å². The quantitative estimate of drug-likeness (QED) is 0.609. The predicted molar refractivity (Wildman–Crippen MR) is 114 cm³/mol. The summed E-state index contributed by atoms with van der Waals surface area (Å²) in [6.07, 6.45) is 0.123. The van der Waals surface area contributed by atoms with Gasteiger partial charge in [-0.05, 0) is 50.4 Å². The van der Waals surface area contributed by atoms with Crippen LogP contribution in [-0.2, 0) is 21.2 Å². The van der Waals surface area contributed by atoms with Crippen molar-refractivity contribution in [2.24, 2.45) is 0 Å². The van der Waals surface area contributed by atoms with Gasteiger partial charge in [-0.3, -0.25) is 4.79 Å². The number of hydrogen-bond donors (Lipinski definition) is 2. The summed E-state index contributed by atoms with van der Waals surface area (Å²) in [5, 5.41) is 9.49. The SMILES string of the molecule is CC(C)(C)NS(=O)(=O)c1cccc(NC(=O)Cc2csc(-c3ccsc3)n2)c1. The molecule has 0 saturated carbocycles. The first kappa shape index (κ1) is 20.7. The zero-order valence-electron chi connectivity index (χ0n) is 15.7. The molecule has 0 atom stereocenters. The van der Waals surface area contributed by atoms with Crippen molar-refractivity contribution in [3.05, 3.63) is 52.2 Å². The average Bonchev–Trinajstić information content (AvgIpc) is 3.24. The van der Waals surface area contributed by atoms with Gasteiger partial charge in [0.05, 0.1) is 17.0 Å². The minimum Gasteiger partial charge on any atom is -0.326 e. The van der Waals surface area contributed by atoms with Crippen LogP contribution in [0.2, 0.25) is 0 Å². The number of carbonyl (C=O) groups excluding carboxylic acids is 1. The van der Waals surface area contributed by atoms with E-state index in [1.165, 1.54) is 23.5 Å². The Morgan fingerprint density at radius 1 is 1.18 bits per heavy atom. The number of anilines is 1. The molecule has 9 heteroatoms. The molecule has 0 bridgehead atoms. The molecule has 0 aliphatic heterocycles. The third-order valence-electron chi connectivity index (χ3n) is 3.53. The number of thiophene rings is 1. The first-order valence-corrected chi connectivity index (χ1v) is 11.8. The topological polar surface area (TPSA) is 88.2 Å². The van der Waals surface area contributed by atoms with Crippen LogP contribution in [0.1, 0.15) is 26.5 Å². The highest BCUT2D eigenvalue weighted by molar-refractivity contribution is 7.89. The van der Waals surface area contributed by atoms with Crippen LogP contribution in [0.15, 0.2) is 51.4 Å². The Morgan fingerprint density at radius 3 is 2.64 bits per heavy atom. The molecule has 0 aliphatic rings. The van der Waals surface area contributed by atoms with E-state index in [0.29, 0.717) is 11.4 Å². The van der Waals surface area contributed by atoms with Crippen LogP contribution in [0.4, 0.5) is 5.69 Å². The first-order chi connectivity index (χ1) is 13.1. The maximum absolute atomic E-state index is 12.5. The number of amides is 1. The summed E-state index contributed by atoms with van der Waals surface area (Å²) in [7, 11) is -3.67. The van der Waals surface area contributed by atoms with Crippen molar-refractivity contribution in [3.8, 4) is 10.6 Å². The van der Waals surface area contributed by atoms with Crippen molar-refractivity contribution in [1.82, 2.24) is 9.71 Å². The summed E-state index contributed by atoms with van der Waals surface area (Å²) in [6, 6.07) is 8.20. The molecule has 0 saturated heterocycles. The predicted octanol–water partition coefficient (Wildman–Crippen LogP) is 4.13. The van der Waals surface area contributed by atoms with E-state index in [0.717, 1.165) is 10.6 Å². The Balaban J connectivity index is 1.68. The molecule has 2 heterocycles. The standard InChI is InChI=1S/C19H21N3O3S3/c1-19(2,3)22-28(24,25)16-6-4-5-14(9-16)20-17(23)10-15-12-27-18(21-15)13-7-8-26-11-13/h4-9,11-12,22H,10H2,1-3H3,(H,20,23). The van der Waals surface area contributed by atoms with E-state index in [1.807, 2.05) is 22.2 Å². The minimum atomic E-state index is -3.67. The van der Waals surface area contributed by atoms with E-state index >= 15 is 0 Å². The smallest absolute Gasteiger partial charge is 0.241 e. The molecule has 1 aromatic carbocycles. The van der Waals surface area contributed by atoms with Gasteiger partial charge in [0, 0.05) is 27.5 Å². The highest BCUT2D eigenvalue weighted by atomic mass is 32.2. The van der Waals surface area contributed by atoms with E-state index in [-0.39, 0.29) is 17.2 Å². The summed E-state index contributed by atoms with van der Waals surface area (Å²) in [6.45, 7) is 5.32. The van der Waals surface area contributed by atoms with Crippen LogP contribution in [0.25, 0.3) is 10.6 Å². The van der Waals surface area contributed by atoms with Crippen LogP contribution >= 0.6 is 22.7 Å². The summed E-state index contributed by atoms with van der Waals surface area (Å²) in [5.74, 6) is -0.250. The second-order valence-electron chi connectivity index (χ2n) is 7.26. The van der Waals surface area contributed by atoms with Gasteiger partial charge in [0.1, 0.15) is 5.01 Å². The van der Waals surface area contributed by atoms with Gasteiger partial charge >= 0.3 is 0 Å². The number of sulfonamides is 1. The number of thiazole rings is 1. The van der Waals surface area contributed by atoms with Crippen molar-refractivity contribution >= 4 is 44.3 Å². The largest absolute Gasteiger partial charge is 0.326 e. The summed E-state index contributed by atoms with van der Waals surface area (Å²) < 4.78 is 27.5. The molecule has 0 aliphatic carbocycles. The second-order valence-corrected chi connectivity index (χ2v) is 10.6. The Bertz CT molecular complexity index is 1070. The number of aromatic nitrogens is 1. The maximum Gasteiger partial charge on any atom is 0.241 e. The number of rotatable bonds is 6. The molecular formula is C19H21N3O3S3. The van der Waals surface area contributed by atoms with Crippen LogP contribution in [-0.4, -0.2) is 24.8 Å². The Hall–Kier alpha value is -2.07. The molecule has 0 fully saturated rings. The van der Waals surface area contributed by atoms with Gasteiger partial charge < -0.3 is 5.32 Å². The molecule has 0 radical (unpaired) electrons. The number of benzene rings is 1. The lowest BCUT2D eigenvalue weighted by atomic mass is 10.1. The third kappa shape index (κ3) is 5.48. The lowest BCUT2D eigenvalue weighted by Crippen LogP contribution is -2.40. The van der Waals surface area contributed by atoms with Gasteiger partial charge in [-0.25, -0.2) is 18.1 Å². The molecule has 28 heavy (non-hydrogen) atoms. The van der Waals surface area contributed by atoms with E-state index in [9.17, 15) is 13.2 Å². The molecule has 2 N–H and O–H groups in total. The van der Waals surface area contributed by atoms with Gasteiger partial charge in [0.15, 0.2) is 0 Å². The highest BCUT2D eigenvalue weighted by Crippen LogP contribution is 2.26. The molecule has 1 amide bonds. The van der Waals surface area contributed by atoms with E-state index in [1.54, 1.807) is 44.2 Å². The van der Waals surface area contributed by atoms with Gasteiger partial charge in [0.25, 0.3) is 0 Å². The van der Waals surface area contributed by atoms with Crippen LogP contribution in [0, 0.1) is 0 Å². The first-order valence-electron chi connectivity index (χ1n) is 8.53. The van der Waals surface area contributed by atoms with Crippen LogP contribution in [0.3, 0.4) is 0 Å². The molecular weight excluding hydrogens is 414 g/mol. The molecule has 0 unspecified atom stereocenters. The summed E-state index contributed by atoms with van der Waals surface area (Å²) in [5.41, 5.74) is 1.56. The molecule has 6 nitrogen and oxygen atoms in total. The second kappa shape index (κ2) is 8.12. The summed E-state index contributed by atoms with van der Waals surface area (Å²) in [4.78, 5) is 17.0. The molecule has 3 aromatic rings. The minimum absolute atomic E-state index is 0.105.